The second kappa shape index (κ2) is 7.90. The van der Waals surface area contributed by atoms with Crippen LogP contribution in [0.25, 0.3) is 0 Å². The van der Waals surface area contributed by atoms with E-state index in [2.05, 4.69) is 10.6 Å². The largest absolute Gasteiger partial charge is 0.497 e. The van der Waals surface area contributed by atoms with Crippen molar-refractivity contribution in [3.05, 3.63) is 46.4 Å². The normalized spacial score (nSPS) is 10.0. The van der Waals surface area contributed by atoms with E-state index in [4.69, 9.17) is 32.7 Å². The molecular weight excluding hydrogens is 355 g/mol. The first kappa shape index (κ1) is 17.9. The predicted octanol–water partition coefficient (Wildman–Crippen LogP) is 3.59. The van der Waals surface area contributed by atoms with Gasteiger partial charge < -0.3 is 20.1 Å². The van der Waals surface area contributed by atoms with Crippen LogP contribution in [-0.2, 0) is 9.59 Å². The lowest BCUT2D eigenvalue weighted by Gasteiger charge is -2.12. The Kier molecular flexibility index (Phi) is 5.89. The number of benzene rings is 2. The Morgan fingerprint density at radius 3 is 2.17 bits per heavy atom. The summed E-state index contributed by atoms with van der Waals surface area (Å²) in [6.45, 7) is 0. The summed E-state index contributed by atoms with van der Waals surface area (Å²) in [7, 11) is 2.94. The van der Waals surface area contributed by atoms with Gasteiger partial charge in [0, 0.05) is 11.1 Å². The first-order chi connectivity index (χ1) is 11.4. The van der Waals surface area contributed by atoms with Gasteiger partial charge in [-0.3, -0.25) is 9.59 Å². The summed E-state index contributed by atoms with van der Waals surface area (Å²) in [5, 5.41) is 5.50. The highest BCUT2D eigenvalue weighted by Gasteiger charge is 2.18. The minimum absolute atomic E-state index is 0.238. The molecule has 0 aliphatic rings. The van der Waals surface area contributed by atoms with Crippen LogP contribution in [0.1, 0.15) is 0 Å². The molecular formula is C16H14Cl2N2O4. The van der Waals surface area contributed by atoms with Gasteiger partial charge in [0.05, 0.1) is 30.6 Å². The summed E-state index contributed by atoms with van der Waals surface area (Å²) < 4.78 is 10.2. The summed E-state index contributed by atoms with van der Waals surface area (Å²) in [6.07, 6.45) is 0. The van der Waals surface area contributed by atoms with E-state index in [1.807, 2.05) is 0 Å². The number of hydrogen-bond donors (Lipinski definition) is 2. The van der Waals surface area contributed by atoms with Gasteiger partial charge in [0.1, 0.15) is 11.5 Å². The lowest BCUT2D eigenvalue weighted by atomic mass is 10.2. The summed E-state index contributed by atoms with van der Waals surface area (Å²) in [6, 6.07) is 9.35. The second-order valence-electron chi connectivity index (χ2n) is 4.60. The molecule has 2 rings (SSSR count). The van der Waals surface area contributed by atoms with Crippen molar-refractivity contribution in [1.29, 1.82) is 0 Å². The molecule has 0 saturated heterocycles. The monoisotopic (exact) mass is 368 g/mol. The topological polar surface area (TPSA) is 76.7 Å². The number of carbonyl (C=O) groups is 2. The van der Waals surface area contributed by atoms with Crippen LogP contribution in [0, 0.1) is 0 Å². The highest BCUT2D eigenvalue weighted by atomic mass is 35.5. The minimum atomic E-state index is -0.899. The van der Waals surface area contributed by atoms with Crippen molar-refractivity contribution < 1.29 is 19.1 Å². The molecule has 0 heterocycles. The number of carbonyl (C=O) groups excluding carboxylic acids is 2. The van der Waals surface area contributed by atoms with Crippen molar-refractivity contribution in [2.24, 2.45) is 0 Å². The first-order valence-electron chi connectivity index (χ1n) is 6.74. The number of amides is 2. The first-order valence-corrected chi connectivity index (χ1v) is 7.49. The molecule has 0 unspecified atom stereocenters. The number of methoxy groups -OCH3 is 2. The molecule has 0 aliphatic carbocycles. The highest BCUT2D eigenvalue weighted by Crippen LogP contribution is 2.29. The van der Waals surface area contributed by atoms with E-state index in [1.54, 1.807) is 18.2 Å². The molecule has 0 spiro atoms. The Bertz CT molecular complexity index is 781. The van der Waals surface area contributed by atoms with E-state index in [9.17, 15) is 9.59 Å². The Hall–Kier alpha value is -2.44. The quantitative estimate of drug-likeness (QED) is 0.808. The number of halogens is 2. The molecule has 8 heteroatoms. The van der Waals surface area contributed by atoms with Crippen molar-refractivity contribution in [1.82, 2.24) is 0 Å². The maximum absolute atomic E-state index is 12.1. The van der Waals surface area contributed by atoms with Crippen molar-refractivity contribution in [2.45, 2.75) is 0 Å². The molecule has 0 fully saturated rings. The van der Waals surface area contributed by atoms with Crippen LogP contribution < -0.4 is 20.1 Å². The number of nitrogens with one attached hydrogen (secondary N) is 2. The number of hydrogen-bond acceptors (Lipinski definition) is 4. The van der Waals surface area contributed by atoms with Gasteiger partial charge in [-0.15, -0.1) is 0 Å². The van der Waals surface area contributed by atoms with Gasteiger partial charge in [-0.2, -0.15) is 0 Å². The predicted molar refractivity (Wildman–Crippen MR) is 93.3 cm³/mol. The maximum atomic E-state index is 12.1. The zero-order valence-corrected chi connectivity index (χ0v) is 14.4. The van der Waals surface area contributed by atoms with E-state index in [0.717, 1.165) is 0 Å². The molecule has 6 nitrogen and oxygen atoms in total. The van der Waals surface area contributed by atoms with E-state index in [1.165, 1.54) is 32.4 Å². The third-order valence-electron chi connectivity index (χ3n) is 3.04. The summed E-state index contributed by atoms with van der Waals surface area (Å²) in [5.74, 6) is -0.899. The molecule has 0 bridgehead atoms. The average Bonchev–Trinajstić information content (AvgIpc) is 2.57. The van der Waals surface area contributed by atoms with Crippen LogP contribution in [0.5, 0.6) is 11.5 Å². The summed E-state index contributed by atoms with van der Waals surface area (Å²) in [5.41, 5.74) is 0.538. The van der Waals surface area contributed by atoms with Gasteiger partial charge in [0.2, 0.25) is 0 Å². The van der Waals surface area contributed by atoms with Crippen LogP contribution in [0.3, 0.4) is 0 Å². The van der Waals surface area contributed by atoms with Gasteiger partial charge in [-0.1, -0.05) is 23.2 Å². The van der Waals surface area contributed by atoms with Crippen molar-refractivity contribution >= 4 is 46.4 Å². The highest BCUT2D eigenvalue weighted by molar-refractivity contribution is 6.45. The molecule has 2 aromatic rings. The molecule has 0 radical (unpaired) electrons. The number of ether oxygens (including phenoxy) is 2. The molecule has 2 aromatic carbocycles. The van der Waals surface area contributed by atoms with Crippen LogP contribution in [0.4, 0.5) is 11.4 Å². The van der Waals surface area contributed by atoms with E-state index < -0.39 is 11.8 Å². The fourth-order valence-electron chi connectivity index (χ4n) is 1.86. The smallest absolute Gasteiger partial charge is 0.314 e. The van der Waals surface area contributed by atoms with Gasteiger partial charge >= 0.3 is 11.8 Å². The van der Waals surface area contributed by atoms with Crippen LogP contribution >= 0.6 is 23.2 Å². The van der Waals surface area contributed by atoms with E-state index in [0.29, 0.717) is 22.2 Å². The number of rotatable bonds is 4. The number of anilines is 2. The van der Waals surface area contributed by atoms with Crippen LogP contribution in [0.2, 0.25) is 10.0 Å². The summed E-state index contributed by atoms with van der Waals surface area (Å²) >= 11 is 11.8. The molecule has 0 aliphatic heterocycles. The second-order valence-corrected chi connectivity index (χ2v) is 5.44. The van der Waals surface area contributed by atoms with Crippen molar-refractivity contribution in [3.63, 3.8) is 0 Å². The van der Waals surface area contributed by atoms with Gasteiger partial charge in [-0.05, 0) is 30.3 Å². The van der Waals surface area contributed by atoms with Crippen LogP contribution in [0.15, 0.2) is 36.4 Å². The average molecular weight is 369 g/mol. The minimum Gasteiger partial charge on any atom is -0.497 e. The standard InChI is InChI=1S/C16H14Cl2N2O4/c1-23-10-4-6-14(24-2)13(8-10)20-16(22)15(21)19-12-7-9(17)3-5-11(12)18/h3-8H,1-2H3,(H,19,21)(H,20,22). The molecule has 0 saturated carbocycles. The Balaban J connectivity index is 2.14. The van der Waals surface area contributed by atoms with Gasteiger partial charge in [0.25, 0.3) is 0 Å². The maximum Gasteiger partial charge on any atom is 0.314 e. The van der Waals surface area contributed by atoms with E-state index >= 15 is 0 Å². The third-order valence-corrected chi connectivity index (χ3v) is 3.60. The fraction of sp³-hybridized carbons (Fsp3) is 0.125. The molecule has 126 valence electrons. The van der Waals surface area contributed by atoms with Gasteiger partial charge in [0.15, 0.2) is 0 Å². The van der Waals surface area contributed by atoms with Gasteiger partial charge in [-0.25, -0.2) is 0 Å². The zero-order valence-electron chi connectivity index (χ0n) is 12.9. The summed E-state index contributed by atoms with van der Waals surface area (Å²) in [4.78, 5) is 24.1. The SMILES string of the molecule is COc1ccc(OC)c(NC(=O)C(=O)Nc2cc(Cl)ccc2Cl)c1. The molecule has 2 amide bonds. The van der Waals surface area contributed by atoms with Crippen molar-refractivity contribution in [2.75, 3.05) is 24.9 Å². The molecule has 2 N–H and O–H groups in total. The fourth-order valence-corrected chi connectivity index (χ4v) is 2.20. The molecule has 24 heavy (non-hydrogen) atoms. The lowest BCUT2D eigenvalue weighted by molar-refractivity contribution is -0.133. The van der Waals surface area contributed by atoms with E-state index in [-0.39, 0.29) is 10.7 Å². The Morgan fingerprint density at radius 1 is 0.875 bits per heavy atom. The third kappa shape index (κ3) is 4.31. The molecule has 0 aromatic heterocycles. The molecule has 0 atom stereocenters. The Morgan fingerprint density at radius 2 is 1.54 bits per heavy atom. The zero-order chi connectivity index (χ0) is 17.7. The van der Waals surface area contributed by atoms with Crippen LogP contribution in [-0.4, -0.2) is 26.0 Å². The lowest BCUT2D eigenvalue weighted by Crippen LogP contribution is -2.29. The van der Waals surface area contributed by atoms with Crippen molar-refractivity contribution in [3.8, 4) is 11.5 Å². The Labute approximate surface area is 148 Å².